The van der Waals surface area contributed by atoms with Gasteiger partial charge in [-0.05, 0) is 66.4 Å². The zero-order valence-corrected chi connectivity index (χ0v) is 20.1. The summed E-state index contributed by atoms with van der Waals surface area (Å²) in [7, 11) is 0. The minimum Gasteiger partial charge on any atom is -0.484 e. The third kappa shape index (κ3) is 5.33. The van der Waals surface area contributed by atoms with Gasteiger partial charge in [-0.2, -0.15) is 5.10 Å². The number of carbonyl (C=O) groups excluding carboxylic acids is 3. The predicted octanol–water partition coefficient (Wildman–Crippen LogP) is 4.28. The lowest BCUT2D eigenvalue weighted by Gasteiger charge is -2.16. The SMILES string of the molecule is Cc1ccc(NC(=O)COc2ccc(/C=N/NC(=O)CN3C(=O)c4cccc5cccc3c45)cc2)cc1. The molecule has 0 aromatic heterocycles. The zero-order chi connectivity index (χ0) is 25.8. The van der Waals surface area contributed by atoms with E-state index in [0.717, 1.165) is 27.6 Å². The summed E-state index contributed by atoms with van der Waals surface area (Å²) in [5, 5.41) is 8.60. The number of amides is 3. The number of anilines is 2. The summed E-state index contributed by atoms with van der Waals surface area (Å²) in [4.78, 5) is 38.8. The second-order valence-corrected chi connectivity index (χ2v) is 8.64. The summed E-state index contributed by atoms with van der Waals surface area (Å²) in [6.07, 6.45) is 1.49. The first-order valence-corrected chi connectivity index (χ1v) is 11.7. The molecule has 0 radical (unpaired) electrons. The molecule has 1 heterocycles. The lowest BCUT2D eigenvalue weighted by Crippen LogP contribution is -2.37. The molecule has 37 heavy (non-hydrogen) atoms. The molecule has 2 N–H and O–H groups in total. The predicted molar refractivity (Wildman–Crippen MR) is 143 cm³/mol. The van der Waals surface area contributed by atoms with Gasteiger partial charge < -0.3 is 10.1 Å². The van der Waals surface area contributed by atoms with Crippen LogP contribution < -0.4 is 20.4 Å². The molecule has 0 aliphatic carbocycles. The van der Waals surface area contributed by atoms with Crippen LogP contribution in [0.4, 0.5) is 11.4 Å². The van der Waals surface area contributed by atoms with E-state index in [4.69, 9.17) is 4.74 Å². The Morgan fingerprint density at radius 2 is 1.65 bits per heavy atom. The summed E-state index contributed by atoms with van der Waals surface area (Å²) >= 11 is 0. The van der Waals surface area contributed by atoms with Gasteiger partial charge in [0.05, 0.1) is 11.9 Å². The van der Waals surface area contributed by atoms with E-state index >= 15 is 0 Å². The molecule has 0 saturated heterocycles. The third-order valence-electron chi connectivity index (χ3n) is 5.94. The summed E-state index contributed by atoms with van der Waals surface area (Å²) in [5.41, 5.74) is 6.34. The fourth-order valence-corrected chi connectivity index (χ4v) is 4.13. The Hall–Kier alpha value is -4.98. The molecular weight excluding hydrogens is 468 g/mol. The second-order valence-electron chi connectivity index (χ2n) is 8.64. The highest BCUT2D eigenvalue weighted by molar-refractivity contribution is 6.26. The lowest BCUT2D eigenvalue weighted by molar-refractivity contribution is -0.120. The Morgan fingerprint density at radius 3 is 2.41 bits per heavy atom. The molecule has 8 heteroatoms. The van der Waals surface area contributed by atoms with Gasteiger partial charge in [-0.3, -0.25) is 19.3 Å². The summed E-state index contributed by atoms with van der Waals surface area (Å²) in [6, 6.07) is 25.6. The van der Waals surface area contributed by atoms with E-state index in [2.05, 4.69) is 15.8 Å². The van der Waals surface area contributed by atoms with Crippen LogP contribution in [0.25, 0.3) is 10.8 Å². The second kappa shape index (κ2) is 10.3. The molecule has 0 bridgehead atoms. The van der Waals surface area contributed by atoms with Crippen molar-refractivity contribution in [2.45, 2.75) is 6.92 Å². The molecule has 184 valence electrons. The topological polar surface area (TPSA) is 100 Å². The van der Waals surface area contributed by atoms with Crippen LogP contribution in [0.5, 0.6) is 5.75 Å². The normalized spacial score (nSPS) is 12.2. The van der Waals surface area contributed by atoms with E-state index in [1.807, 2.05) is 61.5 Å². The largest absolute Gasteiger partial charge is 0.484 e. The zero-order valence-electron chi connectivity index (χ0n) is 20.1. The molecule has 1 aliphatic heterocycles. The first-order chi connectivity index (χ1) is 18.0. The van der Waals surface area contributed by atoms with Crippen molar-refractivity contribution < 1.29 is 19.1 Å². The Bertz CT molecular complexity index is 1510. The Morgan fingerprint density at radius 1 is 0.919 bits per heavy atom. The maximum absolute atomic E-state index is 12.8. The van der Waals surface area contributed by atoms with Crippen LogP contribution in [-0.4, -0.2) is 37.1 Å². The monoisotopic (exact) mass is 492 g/mol. The number of ether oxygens (including phenoxy) is 1. The summed E-state index contributed by atoms with van der Waals surface area (Å²) in [5.74, 6) is -0.336. The molecule has 0 unspecified atom stereocenters. The van der Waals surface area contributed by atoms with Crippen molar-refractivity contribution in [3.8, 4) is 5.75 Å². The Kier molecular flexibility index (Phi) is 6.63. The van der Waals surface area contributed by atoms with Gasteiger partial charge in [0.15, 0.2) is 6.61 Å². The van der Waals surface area contributed by atoms with Crippen molar-refractivity contribution in [3.05, 3.63) is 102 Å². The van der Waals surface area contributed by atoms with Crippen LogP contribution >= 0.6 is 0 Å². The van der Waals surface area contributed by atoms with Crippen molar-refractivity contribution in [1.29, 1.82) is 0 Å². The highest BCUT2D eigenvalue weighted by Crippen LogP contribution is 2.36. The van der Waals surface area contributed by atoms with Crippen LogP contribution in [0.3, 0.4) is 0 Å². The van der Waals surface area contributed by atoms with E-state index in [1.54, 1.807) is 30.3 Å². The number of hydrazone groups is 1. The van der Waals surface area contributed by atoms with Crippen LogP contribution in [0.1, 0.15) is 21.5 Å². The van der Waals surface area contributed by atoms with E-state index < -0.39 is 5.91 Å². The van der Waals surface area contributed by atoms with Crippen molar-refractivity contribution >= 4 is 46.1 Å². The smallest absolute Gasteiger partial charge is 0.262 e. The van der Waals surface area contributed by atoms with E-state index in [-0.39, 0.29) is 25.0 Å². The first kappa shape index (κ1) is 23.7. The number of rotatable bonds is 8. The van der Waals surface area contributed by atoms with Crippen LogP contribution in [0.2, 0.25) is 0 Å². The van der Waals surface area contributed by atoms with Gasteiger partial charge in [0.25, 0.3) is 17.7 Å². The molecule has 4 aromatic rings. The fourth-order valence-electron chi connectivity index (χ4n) is 4.13. The highest BCUT2D eigenvalue weighted by atomic mass is 16.5. The standard InChI is InChI=1S/C29H24N4O4/c1-19-8-12-22(13-9-19)31-27(35)18-37-23-14-10-20(11-15-23)16-30-32-26(34)17-33-25-7-3-5-21-4-2-6-24(28(21)25)29(33)36/h2-16H,17-18H2,1H3,(H,31,35)(H,32,34)/b30-16+. The van der Waals surface area contributed by atoms with Gasteiger partial charge in [-0.1, -0.05) is 42.0 Å². The minimum absolute atomic E-state index is 0.121. The number of benzene rings is 4. The number of nitrogens with one attached hydrogen (secondary N) is 2. The van der Waals surface area contributed by atoms with Gasteiger partial charge >= 0.3 is 0 Å². The number of carbonyl (C=O) groups is 3. The molecule has 4 aromatic carbocycles. The first-order valence-electron chi connectivity index (χ1n) is 11.7. The number of hydrogen-bond acceptors (Lipinski definition) is 5. The molecule has 0 atom stereocenters. The van der Waals surface area contributed by atoms with Gasteiger partial charge in [-0.15, -0.1) is 0 Å². The lowest BCUT2D eigenvalue weighted by atomic mass is 10.1. The quantitative estimate of drug-likeness (QED) is 0.283. The van der Waals surface area contributed by atoms with Gasteiger partial charge in [0, 0.05) is 16.6 Å². The third-order valence-corrected chi connectivity index (χ3v) is 5.94. The summed E-state index contributed by atoms with van der Waals surface area (Å²) < 4.78 is 5.53. The highest BCUT2D eigenvalue weighted by Gasteiger charge is 2.30. The van der Waals surface area contributed by atoms with Crippen LogP contribution in [0.15, 0.2) is 90.0 Å². The maximum Gasteiger partial charge on any atom is 0.262 e. The molecule has 0 saturated carbocycles. The maximum atomic E-state index is 12.8. The van der Waals surface area contributed by atoms with E-state index in [0.29, 0.717) is 17.0 Å². The van der Waals surface area contributed by atoms with Gasteiger partial charge in [-0.25, -0.2) is 5.43 Å². The molecular formula is C29H24N4O4. The Labute approximate surface area is 213 Å². The number of nitrogens with zero attached hydrogens (tertiary/aromatic N) is 2. The molecule has 8 nitrogen and oxygen atoms in total. The van der Waals surface area contributed by atoms with Gasteiger partial charge in [0.2, 0.25) is 0 Å². The fraction of sp³-hybridized carbons (Fsp3) is 0.103. The Balaban J connectivity index is 1.11. The van der Waals surface area contributed by atoms with E-state index in [9.17, 15) is 14.4 Å². The molecule has 5 rings (SSSR count). The molecule has 0 fully saturated rings. The van der Waals surface area contributed by atoms with Crippen molar-refractivity contribution in [3.63, 3.8) is 0 Å². The molecule has 0 spiro atoms. The average Bonchev–Trinajstić information content (AvgIpc) is 3.17. The van der Waals surface area contributed by atoms with Crippen molar-refractivity contribution in [2.24, 2.45) is 5.10 Å². The summed E-state index contributed by atoms with van der Waals surface area (Å²) in [6.45, 7) is 1.72. The number of hydrogen-bond donors (Lipinski definition) is 2. The van der Waals surface area contributed by atoms with Crippen LogP contribution in [0, 0.1) is 6.92 Å². The minimum atomic E-state index is -0.408. The number of aryl methyl sites for hydroxylation is 1. The molecule has 1 aliphatic rings. The van der Waals surface area contributed by atoms with Crippen molar-refractivity contribution in [2.75, 3.05) is 23.4 Å². The molecule has 3 amide bonds. The average molecular weight is 493 g/mol. The van der Waals surface area contributed by atoms with Crippen molar-refractivity contribution in [1.82, 2.24) is 5.43 Å². The van der Waals surface area contributed by atoms with Gasteiger partial charge in [0.1, 0.15) is 12.3 Å². The van der Waals surface area contributed by atoms with E-state index in [1.165, 1.54) is 11.1 Å². The van der Waals surface area contributed by atoms with Crippen LogP contribution in [-0.2, 0) is 9.59 Å².